The molecular weight excluding hydrogens is 210 g/mol. The van der Waals surface area contributed by atoms with Gasteiger partial charge in [0.25, 0.3) is 5.69 Å². The highest BCUT2D eigenvalue weighted by Crippen LogP contribution is 2.20. The van der Waals surface area contributed by atoms with Crippen LogP contribution in [0.1, 0.15) is 0 Å². The van der Waals surface area contributed by atoms with Crippen LogP contribution in [0.5, 0.6) is 0 Å². The molecule has 0 spiro atoms. The van der Waals surface area contributed by atoms with Gasteiger partial charge in [0.05, 0.1) is 23.2 Å². The Kier molecular flexibility index (Phi) is 2.80. The second-order valence-electron chi connectivity index (χ2n) is 3.32. The van der Waals surface area contributed by atoms with Gasteiger partial charge in [-0.1, -0.05) is 0 Å². The molecule has 2 rings (SSSR count). The van der Waals surface area contributed by atoms with Crippen molar-refractivity contribution >= 4 is 16.6 Å². The first kappa shape index (κ1) is 10.5. The summed E-state index contributed by atoms with van der Waals surface area (Å²) >= 11 is 0. The van der Waals surface area contributed by atoms with Crippen molar-refractivity contribution in [3.63, 3.8) is 0 Å². The van der Waals surface area contributed by atoms with E-state index in [9.17, 15) is 10.1 Å². The highest BCUT2D eigenvalue weighted by Gasteiger charge is 2.09. The van der Waals surface area contributed by atoms with Crippen molar-refractivity contribution < 1.29 is 4.92 Å². The summed E-state index contributed by atoms with van der Waals surface area (Å²) in [6, 6.07) is 4.67. The third-order valence-corrected chi connectivity index (χ3v) is 2.31. The first-order chi connectivity index (χ1) is 7.72. The Morgan fingerprint density at radius 1 is 1.56 bits per heavy atom. The van der Waals surface area contributed by atoms with Crippen molar-refractivity contribution in [3.05, 3.63) is 34.5 Å². The molecule has 0 saturated carbocycles. The highest BCUT2D eigenvalue weighted by molar-refractivity contribution is 5.80. The largest absolute Gasteiger partial charge is 0.271 e. The Hall–Kier alpha value is -1.99. The monoisotopic (exact) mass is 221 g/mol. The zero-order valence-electron chi connectivity index (χ0n) is 8.46. The Labute approximate surface area is 91.0 Å². The predicted octanol–water partition coefficient (Wildman–Crippen LogP) is 0.408. The molecule has 1 heterocycles. The summed E-state index contributed by atoms with van der Waals surface area (Å²) in [5.74, 6) is 5.17. The van der Waals surface area contributed by atoms with Crippen LogP contribution in [-0.4, -0.2) is 21.2 Å². The van der Waals surface area contributed by atoms with Gasteiger partial charge in [0, 0.05) is 24.1 Å². The molecule has 3 N–H and O–H groups in total. The van der Waals surface area contributed by atoms with Gasteiger partial charge in [0.2, 0.25) is 0 Å². The smallest absolute Gasteiger partial charge is 0.271 e. The molecule has 84 valence electrons. The maximum Gasteiger partial charge on any atom is 0.271 e. The minimum Gasteiger partial charge on any atom is -0.271 e. The zero-order valence-corrected chi connectivity index (χ0v) is 8.46. The van der Waals surface area contributed by atoms with Gasteiger partial charge in [-0.2, -0.15) is 5.10 Å². The highest BCUT2D eigenvalue weighted by atomic mass is 16.6. The van der Waals surface area contributed by atoms with Gasteiger partial charge in [-0.25, -0.2) is 0 Å². The van der Waals surface area contributed by atoms with Gasteiger partial charge < -0.3 is 0 Å². The molecule has 0 atom stereocenters. The van der Waals surface area contributed by atoms with Crippen LogP contribution in [0.4, 0.5) is 5.69 Å². The molecule has 1 aromatic carbocycles. The van der Waals surface area contributed by atoms with E-state index in [2.05, 4.69) is 10.5 Å². The molecule has 2 aromatic rings. The average Bonchev–Trinajstić information content (AvgIpc) is 2.68. The SMILES string of the molecule is NNCCn1ncc2ccc([N+](=O)[O-])cc21. The number of benzene rings is 1. The van der Waals surface area contributed by atoms with E-state index in [0.29, 0.717) is 13.1 Å². The number of fused-ring (bicyclic) bond motifs is 1. The minimum atomic E-state index is -0.419. The zero-order chi connectivity index (χ0) is 11.5. The molecule has 7 nitrogen and oxygen atoms in total. The van der Waals surface area contributed by atoms with Gasteiger partial charge in [0.1, 0.15) is 0 Å². The first-order valence-electron chi connectivity index (χ1n) is 4.76. The van der Waals surface area contributed by atoms with Crippen LogP contribution in [0.15, 0.2) is 24.4 Å². The first-order valence-corrected chi connectivity index (χ1v) is 4.76. The van der Waals surface area contributed by atoms with Crippen molar-refractivity contribution in [1.29, 1.82) is 0 Å². The Morgan fingerprint density at radius 2 is 2.38 bits per heavy atom. The number of nitrogens with zero attached hydrogens (tertiary/aromatic N) is 3. The fourth-order valence-corrected chi connectivity index (χ4v) is 1.52. The van der Waals surface area contributed by atoms with Crippen LogP contribution in [0.2, 0.25) is 0 Å². The lowest BCUT2D eigenvalue weighted by Crippen LogP contribution is -2.26. The third-order valence-electron chi connectivity index (χ3n) is 2.31. The van der Waals surface area contributed by atoms with E-state index in [1.807, 2.05) is 0 Å². The summed E-state index contributed by atoms with van der Waals surface area (Å²) in [4.78, 5) is 10.2. The fourth-order valence-electron chi connectivity index (χ4n) is 1.52. The number of nitro groups is 1. The molecule has 0 aliphatic carbocycles. The van der Waals surface area contributed by atoms with Crippen LogP contribution >= 0.6 is 0 Å². The maximum atomic E-state index is 10.6. The topological polar surface area (TPSA) is 99.0 Å². The van der Waals surface area contributed by atoms with Crippen LogP contribution in [-0.2, 0) is 6.54 Å². The molecule has 0 saturated heterocycles. The van der Waals surface area contributed by atoms with E-state index in [4.69, 9.17) is 5.84 Å². The number of aromatic nitrogens is 2. The number of nitro benzene ring substituents is 1. The van der Waals surface area contributed by atoms with Crippen LogP contribution < -0.4 is 11.3 Å². The van der Waals surface area contributed by atoms with Gasteiger partial charge in [-0.15, -0.1) is 0 Å². The van der Waals surface area contributed by atoms with Crippen LogP contribution in [0.3, 0.4) is 0 Å². The number of nitrogens with one attached hydrogen (secondary N) is 1. The summed E-state index contributed by atoms with van der Waals surface area (Å²) in [5.41, 5.74) is 3.32. The second kappa shape index (κ2) is 4.25. The Balaban J connectivity index is 2.43. The summed E-state index contributed by atoms with van der Waals surface area (Å²) in [7, 11) is 0. The van der Waals surface area contributed by atoms with Crippen LogP contribution in [0.25, 0.3) is 10.9 Å². The Morgan fingerprint density at radius 3 is 3.06 bits per heavy atom. The van der Waals surface area contributed by atoms with Crippen molar-refractivity contribution in [2.24, 2.45) is 5.84 Å². The average molecular weight is 221 g/mol. The quantitative estimate of drug-likeness (QED) is 0.442. The van der Waals surface area contributed by atoms with E-state index >= 15 is 0 Å². The van der Waals surface area contributed by atoms with Gasteiger partial charge in [-0.05, 0) is 6.07 Å². The number of rotatable bonds is 4. The molecule has 0 radical (unpaired) electrons. The second-order valence-corrected chi connectivity index (χ2v) is 3.32. The number of hydrogen-bond acceptors (Lipinski definition) is 5. The molecular formula is C9H11N5O2. The summed E-state index contributed by atoms with van der Waals surface area (Å²) in [6.45, 7) is 1.13. The third kappa shape index (κ3) is 1.86. The molecule has 0 unspecified atom stereocenters. The molecule has 0 bridgehead atoms. The lowest BCUT2D eigenvalue weighted by atomic mass is 10.2. The van der Waals surface area contributed by atoms with E-state index in [0.717, 1.165) is 10.9 Å². The molecule has 0 aliphatic rings. The number of non-ortho nitro benzene ring substituents is 1. The van der Waals surface area contributed by atoms with E-state index in [1.54, 1.807) is 16.9 Å². The van der Waals surface area contributed by atoms with Gasteiger partial charge in [0.15, 0.2) is 0 Å². The van der Waals surface area contributed by atoms with Gasteiger partial charge >= 0.3 is 0 Å². The summed E-state index contributed by atoms with van der Waals surface area (Å²) < 4.78 is 1.68. The lowest BCUT2D eigenvalue weighted by molar-refractivity contribution is -0.384. The van der Waals surface area contributed by atoms with E-state index in [-0.39, 0.29) is 5.69 Å². The standard InChI is InChI=1S/C9H11N5O2/c10-11-3-4-13-9-5-8(14(15)16)2-1-7(9)6-12-13/h1-2,5-6,11H,3-4,10H2. The maximum absolute atomic E-state index is 10.6. The van der Waals surface area contributed by atoms with Crippen molar-refractivity contribution in [3.8, 4) is 0 Å². The normalized spacial score (nSPS) is 10.8. The molecule has 0 fully saturated rings. The summed E-state index contributed by atoms with van der Waals surface area (Å²) in [5, 5.41) is 15.6. The van der Waals surface area contributed by atoms with Crippen molar-refractivity contribution in [2.45, 2.75) is 6.54 Å². The molecule has 0 amide bonds. The molecule has 16 heavy (non-hydrogen) atoms. The Bertz CT molecular complexity index is 522. The number of hydrogen-bond donors (Lipinski definition) is 2. The van der Waals surface area contributed by atoms with Crippen molar-refractivity contribution in [2.75, 3.05) is 6.54 Å². The lowest BCUT2D eigenvalue weighted by Gasteiger charge is -2.02. The van der Waals surface area contributed by atoms with Gasteiger partial charge in [-0.3, -0.25) is 26.1 Å². The molecule has 1 aromatic heterocycles. The fraction of sp³-hybridized carbons (Fsp3) is 0.222. The summed E-state index contributed by atoms with van der Waals surface area (Å²) in [6.07, 6.45) is 1.68. The van der Waals surface area contributed by atoms with Crippen LogP contribution in [0, 0.1) is 10.1 Å². The minimum absolute atomic E-state index is 0.0648. The molecule has 0 aliphatic heterocycles. The number of hydrazine groups is 1. The molecule has 7 heteroatoms. The number of nitrogens with two attached hydrogens (primary N) is 1. The van der Waals surface area contributed by atoms with E-state index < -0.39 is 4.92 Å². The predicted molar refractivity (Wildman–Crippen MR) is 58.6 cm³/mol. The van der Waals surface area contributed by atoms with Crippen molar-refractivity contribution in [1.82, 2.24) is 15.2 Å². The van der Waals surface area contributed by atoms with E-state index in [1.165, 1.54) is 12.1 Å².